The van der Waals surface area contributed by atoms with Crippen molar-refractivity contribution < 1.29 is 4.39 Å². The number of nitrogen functional groups attached to an aromatic ring is 1. The molecule has 2 aromatic heterocycles. The molecule has 18 heavy (non-hydrogen) atoms. The number of aromatic nitrogens is 5. The van der Waals surface area contributed by atoms with Crippen LogP contribution in [0.5, 0.6) is 0 Å². The van der Waals surface area contributed by atoms with E-state index in [1.165, 1.54) is 0 Å². The van der Waals surface area contributed by atoms with Gasteiger partial charge < -0.3 is 11.1 Å². The van der Waals surface area contributed by atoms with Crippen LogP contribution in [0.25, 0.3) is 0 Å². The van der Waals surface area contributed by atoms with Gasteiger partial charge in [0.1, 0.15) is 11.6 Å². The summed E-state index contributed by atoms with van der Waals surface area (Å²) in [5, 5.41) is 2.97. The van der Waals surface area contributed by atoms with Gasteiger partial charge in [0.2, 0.25) is 11.9 Å². The third-order valence-electron chi connectivity index (χ3n) is 2.14. The Balaban J connectivity index is 2.15. The Morgan fingerprint density at radius 1 is 1.22 bits per heavy atom. The van der Waals surface area contributed by atoms with Gasteiger partial charge in [-0.3, -0.25) is 0 Å². The molecule has 0 aliphatic rings. The summed E-state index contributed by atoms with van der Waals surface area (Å²) in [6.07, 6.45) is 2.21. The lowest BCUT2D eigenvalue weighted by atomic mass is 10.3. The maximum atomic E-state index is 12.7. The molecule has 1 atom stereocenters. The van der Waals surface area contributed by atoms with Crippen LogP contribution in [-0.2, 0) is 0 Å². The lowest BCUT2D eigenvalue weighted by Gasteiger charge is -2.12. The summed E-state index contributed by atoms with van der Waals surface area (Å²) in [7, 11) is 0. The first-order valence-electron chi connectivity index (χ1n) is 5.26. The fraction of sp³-hybridized carbons (Fsp3) is 0.300. The highest BCUT2D eigenvalue weighted by atomic mass is 19.1. The summed E-state index contributed by atoms with van der Waals surface area (Å²) in [5.74, 6) is 0.939. The van der Waals surface area contributed by atoms with Crippen molar-refractivity contribution in [1.29, 1.82) is 0 Å². The molecule has 2 rings (SSSR count). The molecule has 8 heteroatoms. The van der Waals surface area contributed by atoms with Gasteiger partial charge in [-0.25, -0.2) is 14.4 Å². The standard InChI is InChI=1S/C10H12FN7/c1-5(8-13-3-7(11)4-14-8)15-10-17-6(2)16-9(12)18-10/h3-5H,1-2H3,(H3,12,15,16,17,18)/t5-/m0/s1. The number of nitrogens with one attached hydrogen (secondary N) is 1. The second-order valence-corrected chi connectivity index (χ2v) is 3.69. The summed E-state index contributed by atoms with van der Waals surface area (Å²) >= 11 is 0. The van der Waals surface area contributed by atoms with Crippen LogP contribution in [0.2, 0.25) is 0 Å². The first kappa shape index (κ1) is 12.1. The highest BCUT2D eigenvalue weighted by Crippen LogP contribution is 2.13. The number of nitrogens with zero attached hydrogens (tertiary/aromatic N) is 5. The van der Waals surface area contributed by atoms with Crippen molar-refractivity contribution in [3.05, 3.63) is 29.9 Å². The average Bonchev–Trinajstić information content (AvgIpc) is 2.28. The Hall–Kier alpha value is -2.38. The van der Waals surface area contributed by atoms with Gasteiger partial charge in [-0.1, -0.05) is 0 Å². The van der Waals surface area contributed by atoms with Gasteiger partial charge in [-0.2, -0.15) is 15.0 Å². The normalized spacial score (nSPS) is 12.2. The van der Waals surface area contributed by atoms with E-state index in [9.17, 15) is 4.39 Å². The zero-order chi connectivity index (χ0) is 13.1. The second kappa shape index (κ2) is 4.86. The Bertz CT molecular complexity index is 522. The van der Waals surface area contributed by atoms with Gasteiger partial charge in [0.25, 0.3) is 0 Å². The van der Waals surface area contributed by atoms with E-state index in [2.05, 4.69) is 30.2 Å². The van der Waals surface area contributed by atoms with E-state index < -0.39 is 5.82 Å². The fourth-order valence-electron chi connectivity index (χ4n) is 1.37. The van der Waals surface area contributed by atoms with Gasteiger partial charge in [0.15, 0.2) is 5.82 Å². The Morgan fingerprint density at radius 3 is 2.50 bits per heavy atom. The first-order valence-corrected chi connectivity index (χ1v) is 5.26. The summed E-state index contributed by atoms with van der Waals surface area (Å²) in [4.78, 5) is 19.6. The maximum absolute atomic E-state index is 12.7. The number of hydrogen-bond acceptors (Lipinski definition) is 7. The minimum absolute atomic E-state index is 0.136. The molecule has 0 aromatic carbocycles. The van der Waals surface area contributed by atoms with Crippen molar-refractivity contribution in [2.45, 2.75) is 19.9 Å². The molecule has 0 unspecified atom stereocenters. The topological polar surface area (TPSA) is 102 Å². The predicted octanol–water partition coefficient (Wildman–Crippen LogP) is 0.864. The number of anilines is 2. The zero-order valence-corrected chi connectivity index (χ0v) is 9.92. The van der Waals surface area contributed by atoms with Crippen LogP contribution in [0.4, 0.5) is 16.3 Å². The molecule has 0 radical (unpaired) electrons. The molecule has 0 fully saturated rings. The number of hydrogen-bond donors (Lipinski definition) is 2. The minimum atomic E-state index is -0.480. The smallest absolute Gasteiger partial charge is 0.228 e. The van der Waals surface area contributed by atoms with Crippen molar-refractivity contribution in [2.75, 3.05) is 11.1 Å². The van der Waals surface area contributed by atoms with Crippen LogP contribution in [0.15, 0.2) is 12.4 Å². The van der Waals surface area contributed by atoms with E-state index in [0.717, 1.165) is 12.4 Å². The van der Waals surface area contributed by atoms with E-state index in [0.29, 0.717) is 17.6 Å². The van der Waals surface area contributed by atoms with Crippen LogP contribution in [-0.4, -0.2) is 24.9 Å². The van der Waals surface area contributed by atoms with Crippen LogP contribution < -0.4 is 11.1 Å². The summed E-state index contributed by atoms with van der Waals surface area (Å²) < 4.78 is 12.7. The molecular formula is C10H12FN7. The molecule has 0 spiro atoms. The quantitative estimate of drug-likeness (QED) is 0.831. The second-order valence-electron chi connectivity index (χ2n) is 3.69. The van der Waals surface area contributed by atoms with Gasteiger partial charge in [-0.05, 0) is 13.8 Å². The fourth-order valence-corrected chi connectivity index (χ4v) is 1.37. The van der Waals surface area contributed by atoms with Crippen molar-refractivity contribution in [3.63, 3.8) is 0 Å². The van der Waals surface area contributed by atoms with Gasteiger partial charge in [0, 0.05) is 0 Å². The van der Waals surface area contributed by atoms with E-state index in [1.54, 1.807) is 6.92 Å². The van der Waals surface area contributed by atoms with Crippen LogP contribution in [0.3, 0.4) is 0 Å². The number of aryl methyl sites for hydroxylation is 1. The SMILES string of the molecule is Cc1nc(N)nc(N[C@@H](C)c2ncc(F)cn2)n1. The van der Waals surface area contributed by atoms with Crippen LogP contribution in [0, 0.1) is 12.7 Å². The minimum Gasteiger partial charge on any atom is -0.368 e. The molecule has 94 valence electrons. The predicted molar refractivity (Wildman–Crippen MR) is 63.0 cm³/mol. The molecule has 0 aliphatic heterocycles. The van der Waals surface area contributed by atoms with Gasteiger partial charge in [0.05, 0.1) is 18.4 Å². The first-order chi connectivity index (χ1) is 8.54. The third kappa shape index (κ3) is 2.84. The number of rotatable bonds is 3. The lowest BCUT2D eigenvalue weighted by Crippen LogP contribution is -2.14. The van der Waals surface area contributed by atoms with Crippen molar-refractivity contribution >= 4 is 11.9 Å². The molecule has 2 heterocycles. The highest BCUT2D eigenvalue weighted by molar-refractivity contribution is 5.32. The Labute approximate surface area is 103 Å². The number of halogens is 1. The summed E-state index contributed by atoms with van der Waals surface area (Å²) in [6.45, 7) is 3.52. The molecule has 0 aliphatic carbocycles. The highest BCUT2D eigenvalue weighted by Gasteiger charge is 2.11. The van der Waals surface area contributed by atoms with Gasteiger partial charge >= 0.3 is 0 Å². The number of nitrogens with two attached hydrogens (primary N) is 1. The lowest BCUT2D eigenvalue weighted by molar-refractivity contribution is 0.604. The Kier molecular flexibility index (Phi) is 3.26. The molecule has 0 bridgehead atoms. The van der Waals surface area contributed by atoms with Crippen molar-refractivity contribution in [2.24, 2.45) is 0 Å². The monoisotopic (exact) mass is 249 g/mol. The maximum Gasteiger partial charge on any atom is 0.228 e. The molecule has 0 saturated heterocycles. The molecular weight excluding hydrogens is 237 g/mol. The van der Waals surface area contributed by atoms with E-state index in [4.69, 9.17) is 5.73 Å². The van der Waals surface area contributed by atoms with Crippen molar-refractivity contribution in [1.82, 2.24) is 24.9 Å². The zero-order valence-electron chi connectivity index (χ0n) is 9.92. The average molecular weight is 249 g/mol. The van der Waals surface area contributed by atoms with E-state index >= 15 is 0 Å². The summed E-state index contributed by atoms with van der Waals surface area (Å²) in [6, 6.07) is -0.271. The van der Waals surface area contributed by atoms with Crippen molar-refractivity contribution in [3.8, 4) is 0 Å². The van der Waals surface area contributed by atoms with E-state index in [-0.39, 0.29) is 12.0 Å². The van der Waals surface area contributed by atoms with E-state index in [1.807, 2.05) is 6.92 Å². The largest absolute Gasteiger partial charge is 0.368 e. The molecule has 7 nitrogen and oxygen atoms in total. The molecule has 0 amide bonds. The van der Waals surface area contributed by atoms with Crippen LogP contribution in [0.1, 0.15) is 24.6 Å². The Morgan fingerprint density at radius 2 is 1.89 bits per heavy atom. The molecule has 0 saturated carbocycles. The third-order valence-corrected chi connectivity index (χ3v) is 2.14. The van der Waals surface area contributed by atoms with Gasteiger partial charge in [-0.15, -0.1) is 0 Å². The summed E-state index contributed by atoms with van der Waals surface area (Å²) in [5.41, 5.74) is 5.51. The molecule has 3 N–H and O–H groups in total. The molecule has 2 aromatic rings. The van der Waals surface area contributed by atoms with Crippen LogP contribution >= 0.6 is 0 Å².